The number of ether oxygens (including phenoxy) is 3. The number of nitrogens with one attached hydrogen (secondary N) is 1. The number of hydrogen-bond donors (Lipinski definition) is 2. The van der Waals surface area contributed by atoms with Crippen LogP contribution in [0.3, 0.4) is 0 Å². The van der Waals surface area contributed by atoms with E-state index in [1.807, 2.05) is 60.7 Å². The Balaban J connectivity index is 1.69. The molecule has 0 saturated heterocycles. The molecule has 190 valence electrons. The van der Waals surface area contributed by atoms with Gasteiger partial charge in [0, 0.05) is 11.4 Å². The summed E-state index contributed by atoms with van der Waals surface area (Å²) in [5, 5.41) is 13.6. The first-order valence-electron chi connectivity index (χ1n) is 11.9. The molecule has 0 amide bonds. The van der Waals surface area contributed by atoms with Crippen LogP contribution in [0.4, 0.5) is 0 Å². The predicted octanol–water partition coefficient (Wildman–Crippen LogP) is 5.12. The molecule has 7 nitrogen and oxygen atoms in total. The summed E-state index contributed by atoms with van der Waals surface area (Å²) in [5.41, 5.74) is 3.83. The lowest BCUT2D eigenvalue weighted by Crippen LogP contribution is -2.32. The van der Waals surface area contributed by atoms with Gasteiger partial charge in [0.05, 0.1) is 24.2 Å². The van der Waals surface area contributed by atoms with E-state index in [2.05, 4.69) is 5.32 Å². The van der Waals surface area contributed by atoms with Crippen LogP contribution in [0.1, 0.15) is 36.5 Å². The molecule has 0 fully saturated rings. The van der Waals surface area contributed by atoms with E-state index in [0.29, 0.717) is 17.0 Å². The fraction of sp³-hybridized carbons (Fsp3) is 0.200. The molecule has 0 spiro atoms. The zero-order valence-electron chi connectivity index (χ0n) is 21.0. The van der Waals surface area contributed by atoms with Gasteiger partial charge in [0.2, 0.25) is 0 Å². The van der Waals surface area contributed by atoms with Crippen LogP contribution in [0.25, 0.3) is 0 Å². The highest BCUT2D eigenvalue weighted by atomic mass is 16.5. The number of carbonyl (C=O) groups excluding carboxylic acids is 2. The number of benzene rings is 3. The number of methoxy groups -OCH3 is 1. The molecule has 0 aliphatic carbocycles. The number of hydrogen-bond acceptors (Lipinski definition) is 7. The third kappa shape index (κ3) is 5.83. The van der Waals surface area contributed by atoms with Gasteiger partial charge in [-0.05, 0) is 42.7 Å². The van der Waals surface area contributed by atoms with Crippen molar-refractivity contribution in [3.05, 3.63) is 118 Å². The van der Waals surface area contributed by atoms with E-state index in [0.717, 1.165) is 11.1 Å². The highest BCUT2D eigenvalue weighted by Gasteiger charge is 2.38. The van der Waals surface area contributed by atoms with Crippen LogP contribution in [0.15, 0.2) is 101 Å². The molecule has 0 saturated carbocycles. The van der Waals surface area contributed by atoms with Crippen LogP contribution in [0.2, 0.25) is 0 Å². The lowest BCUT2D eigenvalue weighted by Gasteiger charge is -2.30. The van der Waals surface area contributed by atoms with Crippen LogP contribution in [-0.4, -0.2) is 24.2 Å². The van der Waals surface area contributed by atoms with Crippen molar-refractivity contribution in [1.82, 2.24) is 5.32 Å². The molecular weight excluding hydrogens is 470 g/mol. The van der Waals surface area contributed by atoms with Crippen molar-refractivity contribution in [1.29, 1.82) is 0 Å². The summed E-state index contributed by atoms with van der Waals surface area (Å²) in [7, 11) is 1.45. The zero-order chi connectivity index (χ0) is 26.4. The molecule has 0 unspecified atom stereocenters. The van der Waals surface area contributed by atoms with Gasteiger partial charge in [-0.15, -0.1) is 0 Å². The monoisotopic (exact) mass is 499 g/mol. The maximum absolute atomic E-state index is 13.4. The third-order valence-corrected chi connectivity index (χ3v) is 6.16. The molecule has 3 aromatic carbocycles. The van der Waals surface area contributed by atoms with Gasteiger partial charge >= 0.3 is 11.9 Å². The second-order valence-electron chi connectivity index (χ2n) is 8.69. The quantitative estimate of drug-likeness (QED) is 0.415. The van der Waals surface area contributed by atoms with Crippen LogP contribution in [-0.2, 0) is 32.3 Å². The fourth-order valence-electron chi connectivity index (χ4n) is 4.36. The molecule has 0 atom stereocenters. The van der Waals surface area contributed by atoms with Crippen molar-refractivity contribution < 1.29 is 28.9 Å². The van der Waals surface area contributed by atoms with E-state index in [-0.39, 0.29) is 35.9 Å². The molecule has 1 heterocycles. The summed E-state index contributed by atoms with van der Waals surface area (Å²) in [5.74, 6) is -1.81. The van der Waals surface area contributed by atoms with E-state index in [9.17, 15) is 14.7 Å². The maximum atomic E-state index is 13.4. The van der Waals surface area contributed by atoms with Gasteiger partial charge in [-0.2, -0.15) is 0 Å². The van der Waals surface area contributed by atoms with Gasteiger partial charge in [0.15, 0.2) is 11.5 Å². The lowest BCUT2D eigenvalue weighted by molar-refractivity contribution is -0.141. The Bertz CT molecular complexity index is 1270. The van der Waals surface area contributed by atoms with Gasteiger partial charge < -0.3 is 24.6 Å². The number of phenols is 1. The number of carbonyl (C=O) groups is 2. The minimum Gasteiger partial charge on any atom is -0.504 e. The van der Waals surface area contributed by atoms with Crippen molar-refractivity contribution in [2.75, 3.05) is 7.11 Å². The summed E-state index contributed by atoms with van der Waals surface area (Å²) in [6, 6.07) is 23.5. The number of phenolic OH excluding ortho intramolecular Hbond substituents is 1. The molecule has 0 bridgehead atoms. The van der Waals surface area contributed by atoms with E-state index in [4.69, 9.17) is 14.2 Å². The fourth-order valence-corrected chi connectivity index (χ4v) is 4.36. The summed E-state index contributed by atoms with van der Waals surface area (Å²) in [6.45, 7) is 3.66. The SMILES string of the molecule is COc1ccc(C2C(C(=O)OCc3ccccc3)=C(C)NC(C)=C2C(=O)OCc2ccccc2)cc1O. The van der Waals surface area contributed by atoms with Gasteiger partial charge in [-0.1, -0.05) is 66.7 Å². The minimum absolute atomic E-state index is 0.0769. The second kappa shape index (κ2) is 11.5. The minimum atomic E-state index is -0.829. The summed E-state index contributed by atoms with van der Waals surface area (Å²) in [4.78, 5) is 26.9. The normalized spacial score (nSPS) is 13.7. The summed E-state index contributed by atoms with van der Waals surface area (Å²) < 4.78 is 16.5. The molecular formula is C30H29NO6. The molecule has 0 radical (unpaired) electrons. The highest BCUT2D eigenvalue weighted by Crippen LogP contribution is 2.42. The van der Waals surface area contributed by atoms with Crippen LogP contribution < -0.4 is 10.1 Å². The molecule has 37 heavy (non-hydrogen) atoms. The van der Waals surface area contributed by atoms with Crippen LogP contribution >= 0.6 is 0 Å². The first kappa shape index (κ1) is 25.6. The van der Waals surface area contributed by atoms with E-state index in [1.165, 1.54) is 13.2 Å². The van der Waals surface area contributed by atoms with Crippen molar-refractivity contribution in [2.24, 2.45) is 0 Å². The second-order valence-corrected chi connectivity index (χ2v) is 8.69. The lowest BCUT2D eigenvalue weighted by atomic mass is 9.80. The molecule has 1 aliphatic heterocycles. The molecule has 0 aromatic heterocycles. The van der Waals surface area contributed by atoms with Gasteiger partial charge in [0.25, 0.3) is 0 Å². The van der Waals surface area contributed by atoms with Crippen molar-refractivity contribution >= 4 is 11.9 Å². The molecule has 3 aromatic rings. The van der Waals surface area contributed by atoms with E-state index in [1.54, 1.807) is 26.0 Å². The summed E-state index contributed by atoms with van der Waals surface area (Å²) in [6.07, 6.45) is 0. The number of rotatable bonds is 8. The van der Waals surface area contributed by atoms with E-state index >= 15 is 0 Å². The highest BCUT2D eigenvalue weighted by molar-refractivity contribution is 6.00. The van der Waals surface area contributed by atoms with Crippen molar-refractivity contribution in [2.45, 2.75) is 33.0 Å². The first-order chi connectivity index (χ1) is 17.9. The Morgan fingerprint density at radius 2 is 1.27 bits per heavy atom. The maximum Gasteiger partial charge on any atom is 0.337 e. The number of esters is 2. The third-order valence-electron chi connectivity index (χ3n) is 6.16. The Morgan fingerprint density at radius 1 is 0.784 bits per heavy atom. The number of dihydropyridines is 1. The smallest absolute Gasteiger partial charge is 0.337 e. The Morgan fingerprint density at radius 3 is 1.70 bits per heavy atom. The van der Waals surface area contributed by atoms with Gasteiger partial charge in [-0.25, -0.2) is 9.59 Å². The largest absolute Gasteiger partial charge is 0.504 e. The Kier molecular flexibility index (Phi) is 7.93. The summed E-state index contributed by atoms with van der Waals surface area (Å²) >= 11 is 0. The molecule has 4 rings (SSSR count). The van der Waals surface area contributed by atoms with Crippen LogP contribution in [0.5, 0.6) is 11.5 Å². The number of aromatic hydroxyl groups is 1. The van der Waals surface area contributed by atoms with Gasteiger partial charge in [0.1, 0.15) is 13.2 Å². The first-order valence-corrected chi connectivity index (χ1v) is 11.9. The Hall–Kier alpha value is -4.52. The zero-order valence-corrected chi connectivity index (χ0v) is 21.0. The molecule has 1 aliphatic rings. The average molecular weight is 500 g/mol. The van der Waals surface area contributed by atoms with Crippen LogP contribution in [0, 0.1) is 0 Å². The van der Waals surface area contributed by atoms with Crippen molar-refractivity contribution in [3.8, 4) is 11.5 Å². The Labute approximate surface area is 216 Å². The van der Waals surface area contributed by atoms with Gasteiger partial charge in [-0.3, -0.25) is 0 Å². The molecule has 7 heteroatoms. The standard InChI is InChI=1S/C30H29NO6/c1-19-26(29(33)36-17-21-10-6-4-7-11-21)28(23-14-15-25(35-3)24(32)16-23)27(20(2)31-19)30(34)37-18-22-12-8-5-9-13-22/h4-16,28,31-32H,17-18H2,1-3H3. The average Bonchev–Trinajstić information content (AvgIpc) is 2.91. The molecule has 2 N–H and O–H groups in total. The number of allylic oxidation sites excluding steroid dienone is 2. The van der Waals surface area contributed by atoms with Crippen molar-refractivity contribution in [3.63, 3.8) is 0 Å². The predicted molar refractivity (Wildman–Crippen MR) is 138 cm³/mol. The van der Waals surface area contributed by atoms with E-state index < -0.39 is 17.9 Å². The topological polar surface area (TPSA) is 94.1 Å².